The number of rotatable bonds is 4. The third-order valence-corrected chi connectivity index (χ3v) is 1.51. The van der Waals surface area contributed by atoms with Crippen LogP contribution in [0.5, 0.6) is 0 Å². The van der Waals surface area contributed by atoms with Gasteiger partial charge in [-0.3, -0.25) is 4.79 Å². The highest BCUT2D eigenvalue weighted by Crippen LogP contribution is 1.89. The van der Waals surface area contributed by atoms with Gasteiger partial charge in [-0.2, -0.15) is 0 Å². The maximum Gasteiger partial charge on any atom is 0.335 e. The average molecular weight is 239 g/mol. The third-order valence-electron chi connectivity index (χ3n) is 1.51. The number of nitrogens with two attached hydrogens (primary N) is 1. The topological polar surface area (TPSA) is 161 Å². The van der Waals surface area contributed by atoms with E-state index in [1.807, 2.05) is 0 Å². The Morgan fingerprint density at radius 2 is 1.31 bits per heavy atom. The highest BCUT2D eigenvalue weighted by atomic mass is 16.4. The summed E-state index contributed by atoms with van der Waals surface area (Å²) in [5, 5.41) is 41.2. The fourth-order valence-electron chi connectivity index (χ4n) is 0.413. The first-order valence-electron chi connectivity index (χ1n) is 4.36. The second kappa shape index (κ2) is 7.99. The maximum absolute atomic E-state index is 9.86. The predicted octanol–water partition coefficient (Wildman–Crippen LogP) is -2.41. The van der Waals surface area contributed by atoms with Gasteiger partial charge in [-0.25, -0.2) is 4.79 Å². The Balaban J connectivity index is 0. The first kappa shape index (κ1) is 17.2. The highest BCUT2D eigenvalue weighted by Gasteiger charge is 2.18. The molecule has 0 radical (unpaired) electrons. The normalized spacial score (nSPS) is 17.4. The Bertz CT molecular complexity index is 204. The maximum atomic E-state index is 9.86. The molecule has 0 heterocycles. The van der Waals surface area contributed by atoms with Gasteiger partial charge in [-0.1, -0.05) is 0 Å². The van der Waals surface area contributed by atoms with E-state index in [1.165, 1.54) is 13.8 Å². The van der Waals surface area contributed by atoms with E-state index in [9.17, 15) is 9.59 Å². The molecule has 7 N–H and O–H groups in total. The predicted molar refractivity (Wildman–Crippen MR) is 52.6 cm³/mol. The summed E-state index contributed by atoms with van der Waals surface area (Å²) in [5.74, 6) is -2.58. The summed E-state index contributed by atoms with van der Waals surface area (Å²) in [6.45, 7) is 2.54. The molecule has 0 rings (SSSR count). The summed E-state index contributed by atoms with van der Waals surface area (Å²) in [7, 11) is 0. The molecule has 8 heteroatoms. The molecule has 8 nitrogen and oxygen atoms in total. The Morgan fingerprint density at radius 1 is 0.938 bits per heavy atom. The number of carboxylic acids is 2. The van der Waals surface area contributed by atoms with E-state index in [1.54, 1.807) is 0 Å². The molecule has 0 bridgehead atoms. The van der Waals surface area contributed by atoms with Crippen molar-refractivity contribution in [3.63, 3.8) is 0 Å². The van der Waals surface area contributed by atoms with E-state index in [4.69, 9.17) is 31.3 Å². The van der Waals surface area contributed by atoms with Gasteiger partial charge in [0, 0.05) is 0 Å². The van der Waals surface area contributed by atoms with E-state index in [0.29, 0.717) is 0 Å². The van der Waals surface area contributed by atoms with Crippen molar-refractivity contribution in [1.29, 1.82) is 0 Å². The van der Waals surface area contributed by atoms with Crippen molar-refractivity contribution in [1.82, 2.24) is 0 Å². The van der Waals surface area contributed by atoms with Crippen LogP contribution in [0.4, 0.5) is 0 Å². The number of hydrogen-bond donors (Lipinski definition) is 6. The molecule has 0 aliphatic carbocycles. The van der Waals surface area contributed by atoms with Crippen LogP contribution in [0.25, 0.3) is 0 Å². The zero-order valence-electron chi connectivity index (χ0n) is 8.94. The number of carbonyl (C=O) groups is 2. The van der Waals surface area contributed by atoms with Crippen LogP contribution in [0.15, 0.2) is 0 Å². The Morgan fingerprint density at radius 3 is 1.31 bits per heavy atom. The molecule has 16 heavy (non-hydrogen) atoms. The van der Waals surface area contributed by atoms with E-state index in [2.05, 4.69) is 0 Å². The molecule has 96 valence electrons. The number of hydrogen-bond acceptors (Lipinski definition) is 6. The summed E-state index contributed by atoms with van der Waals surface area (Å²) in [4.78, 5) is 19.6. The van der Waals surface area contributed by atoms with Crippen molar-refractivity contribution in [3.8, 4) is 0 Å². The first-order chi connectivity index (χ1) is 7.11. The molecule has 0 amide bonds. The Kier molecular flexibility index (Phi) is 8.58. The third kappa shape index (κ3) is 8.12. The van der Waals surface area contributed by atoms with Gasteiger partial charge >= 0.3 is 11.9 Å². The largest absolute Gasteiger partial charge is 0.480 e. The van der Waals surface area contributed by atoms with Crippen molar-refractivity contribution >= 4 is 11.9 Å². The zero-order valence-corrected chi connectivity index (χ0v) is 8.94. The van der Waals surface area contributed by atoms with Gasteiger partial charge in [-0.05, 0) is 13.8 Å². The van der Waals surface area contributed by atoms with Gasteiger partial charge < -0.3 is 31.3 Å². The lowest BCUT2D eigenvalue weighted by molar-refractivity contribution is -0.152. The van der Waals surface area contributed by atoms with E-state index in [0.717, 1.165) is 0 Å². The molecule has 4 unspecified atom stereocenters. The molecule has 0 spiro atoms. The molecule has 0 aromatic carbocycles. The molecule has 0 fully saturated rings. The van der Waals surface area contributed by atoms with Gasteiger partial charge in [-0.15, -0.1) is 0 Å². The fourth-order valence-corrected chi connectivity index (χ4v) is 0.413. The lowest BCUT2D eigenvalue weighted by Crippen LogP contribution is -2.39. The molecular formula is C8H17NO7. The second-order valence-electron chi connectivity index (χ2n) is 3.13. The Labute approximate surface area is 91.9 Å². The number of carboxylic acid groups (broad SMARTS) is 2. The second-order valence-corrected chi connectivity index (χ2v) is 3.13. The summed E-state index contributed by atoms with van der Waals surface area (Å²) < 4.78 is 0. The van der Waals surface area contributed by atoms with Crippen molar-refractivity contribution in [3.05, 3.63) is 0 Å². The van der Waals surface area contributed by atoms with Gasteiger partial charge in [0.2, 0.25) is 0 Å². The molecular weight excluding hydrogens is 222 g/mol. The molecule has 0 aliphatic heterocycles. The van der Waals surface area contributed by atoms with Crippen LogP contribution in [-0.2, 0) is 9.59 Å². The zero-order chi connectivity index (χ0) is 13.5. The first-order valence-corrected chi connectivity index (χ1v) is 4.36. The summed E-state index contributed by atoms with van der Waals surface area (Å²) in [5.41, 5.74) is 4.91. The number of aliphatic hydroxyl groups is 3. The smallest absolute Gasteiger partial charge is 0.335 e. The van der Waals surface area contributed by atoms with E-state index < -0.39 is 36.3 Å². The van der Waals surface area contributed by atoms with Crippen molar-refractivity contribution < 1.29 is 35.1 Å². The molecule has 0 aromatic rings. The quantitative estimate of drug-likeness (QED) is 0.316. The SMILES string of the molecule is CC(O)C(N)C(=O)O.CC(O)C(O)C(=O)O. The molecule has 4 atom stereocenters. The van der Waals surface area contributed by atoms with Crippen LogP contribution in [0.1, 0.15) is 13.8 Å². The van der Waals surface area contributed by atoms with E-state index in [-0.39, 0.29) is 0 Å². The molecule has 0 saturated heterocycles. The minimum absolute atomic E-state index is 0.979. The van der Waals surface area contributed by atoms with Crippen molar-refractivity contribution in [2.75, 3.05) is 0 Å². The van der Waals surface area contributed by atoms with Crippen LogP contribution >= 0.6 is 0 Å². The van der Waals surface area contributed by atoms with Gasteiger partial charge in [0.05, 0.1) is 12.2 Å². The van der Waals surface area contributed by atoms with Gasteiger partial charge in [0.1, 0.15) is 6.04 Å². The molecule has 0 aliphatic rings. The fraction of sp³-hybridized carbons (Fsp3) is 0.750. The number of aliphatic carboxylic acids is 2. The summed E-state index contributed by atoms with van der Waals surface area (Å²) >= 11 is 0. The van der Waals surface area contributed by atoms with Crippen LogP contribution in [0, 0.1) is 0 Å². The standard InChI is InChI=1S/C4H9NO3.C4H8O4/c1-2(6)3(5)4(7)8;1-2(5)3(6)4(7)8/h2-3,6H,5H2,1H3,(H,7,8);2-3,5-6H,1H3,(H,7,8). The highest BCUT2D eigenvalue weighted by molar-refractivity contribution is 5.73. The lowest BCUT2D eigenvalue weighted by Gasteiger charge is -2.06. The van der Waals surface area contributed by atoms with Crippen LogP contribution in [0.2, 0.25) is 0 Å². The Hall–Kier alpha value is -1.22. The van der Waals surface area contributed by atoms with Crippen molar-refractivity contribution in [2.24, 2.45) is 5.73 Å². The molecule has 0 aromatic heterocycles. The average Bonchev–Trinajstić information content (AvgIpc) is 2.15. The summed E-state index contributed by atoms with van der Waals surface area (Å²) in [6, 6.07) is -1.16. The van der Waals surface area contributed by atoms with Crippen molar-refractivity contribution in [2.45, 2.75) is 38.2 Å². The van der Waals surface area contributed by atoms with Crippen LogP contribution < -0.4 is 5.73 Å². The molecule has 0 saturated carbocycles. The lowest BCUT2D eigenvalue weighted by atomic mass is 10.2. The minimum Gasteiger partial charge on any atom is -0.480 e. The van der Waals surface area contributed by atoms with Gasteiger partial charge in [0.15, 0.2) is 6.10 Å². The monoisotopic (exact) mass is 239 g/mol. The van der Waals surface area contributed by atoms with Crippen LogP contribution in [-0.4, -0.2) is 61.8 Å². The summed E-state index contributed by atoms with van der Waals surface area (Å²) in [6.07, 6.45) is -3.84. The van der Waals surface area contributed by atoms with E-state index >= 15 is 0 Å². The number of aliphatic hydroxyl groups excluding tert-OH is 3. The minimum atomic E-state index is -1.66. The van der Waals surface area contributed by atoms with Gasteiger partial charge in [0.25, 0.3) is 0 Å². The van der Waals surface area contributed by atoms with Crippen LogP contribution in [0.3, 0.4) is 0 Å².